The molecule has 98 valence electrons. The Labute approximate surface area is 103 Å². The number of halogens is 3. The molecule has 1 atom stereocenters. The van der Waals surface area contributed by atoms with Gasteiger partial charge in [-0.25, -0.2) is 6.57 Å². The molecule has 1 aromatic rings. The van der Waals surface area contributed by atoms with Gasteiger partial charge < -0.3 is 14.7 Å². The van der Waals surface area contributed by atoms with Crippen LogP contribution in [0.4, 0.5) is 13.2 Å². The summed E-state index contributed by atoms with van der Waals surface area (Å²) in [4.78, 5) is 3.06. The van der Waals surface area contributed by atoms with Crippen LogP contribution >= 0.6 is 0 Å². The van der Waals surface area contributed by atoms with Crippen LogP contribution in [0.3, 0.4) is 0 Å². The van der Waals surface area contributed by atoms with Crippen molar-refractivity contribution in [3.63, 3.8) is 0 Å². The molecular weight excluding hydrogens is 247 g/mol. The zero-order valence-corrected chi connectivity index (χ0v) is 9.44. The smallest absolute Gasteiger partial charge is 0.416 e. The second-order valence-corrected chi connectivity index (χ2v) is 3.66. The monoisotopic (exact) mass is 259 g/mol. The first-order chi connectivity index (χ1) is 8.43. The van der Waals surface area contributed by atoms with Crippen LogP contribution in [0.1, 0.15) is 12.0 Å². The van der Waals surface area contributed by atoms with Crippen molar-refractivity contribution in [2.75, 3.05) is 13.2 Å². The van der Waals surface area contributed by atoms with Crippen LogP contribution < -0.4 is 4.74 Å². The Morgan fingerprint density at radius 3 is 2.72 bits per heavy atom. The highest BCUT2D eigenvalue weighted by atomic mass is 19.4. The molecule has 0 aliphatic rings. The topological polar surface area (TPSA) is 33.8 Å². The van der Waals surface area contributed by atoms with Gasteiger partial charge >= 0.3 is 6.18 Å². The summed E-state index contributed by atoms with van der Waals surface area (Å²) in [5.41, 5.74) is -0.796. The Morgan fingerprint density at radius 2 is 2.11 bits per heavy atom. The molecule has 1 rings (SSSR count). The van der Waals surface area contributed by atoms with E-state index in [2.05, 4.69) is 4.85 Å². The van der Waals surface area contributed by atoms with Crippen molar-refractivity contribution in [1.29, 1.82) is 0 Å². The second kappa shape index (κ2) is 6.26. The van der Waals surface area contributed by atoms with E-state index in [1.54, 1.807) is 0 Å². The second-order valence-electron chi connectivity index (χ2n) is 3.66. The summed E-state index contributed by atoms with van der Waals surface area (Å²) in [7, 11) is 0. The van der Waals surface area contributed by atoms with E-state index < -0.39 is 17.8 Å². The van der Waals surface area contributed by atoms with Gasteiger partial charge in [-0.1, -0.05) is 6.07 Å². The molecule has 3 nitrogen and oxygen atoms in total. The zero-order chi connectivity index (χ0) is 13.6. The van der Waals surface area contributed by atoms with Gasteiger partial charge in [0.2, 0.25) is 6.54 Å². The van der Waals surface area contributed by atoms with Gasteiger partial charge in [0.25, 0.3) is 0 Å². The number of ether oxygens (including phenoxy) is 1. The average molecular weight is 259 g/mol. The van der Waals surface area contributed by atoms with E-state index >= 15 is 0 Å². The number of hydrogen-bond acceptors (Lipinski definition) is 2. The van der Waals surface area contributed by atoms with Gasteiger partial charge in [-0.05, 0) is 18.2 Å². The molecule has 18 heavy (non-hydrogen) atoms. The van der Waals surface area contributed by atoms with E-state index in [0.29, 0.717) is 0 Å². The van der Waals surface area contributed by atoms with Crippen molar-refractivity contribution in [3.05, 3.63) is 41.2 Å². The van der Waals surface area contributed by atoms with Crippen LogP contribution in [-0.2, 0) is 6.18 Å². The van der Waals surface area contributed by atoms with Crippen LogP contribution in [0, 0.1) is 6.57 Å². The Hall–Kier alpha value is -1.74. The maximum absolute atomic E-state index is 12.4. The molecule has 1 aromatic carbocycles. The van der Waals surface area contributed by atoms with Crippen molar-refractivity contribution in [2.24, 2.45) is 0 Å². The van der Waals surface area contributed by atoms with Gasteiger partial charge in [0.1, 0.15) is 12.4 Å². The normalized spacial score (nSPS) is 12.8. The third-order valence-corrected chi connectivity index (χ3v) is 2.18. The fraction of sp³-hybridized carbons (Fsp3) is 0.417. The Morgan fingerprint density at radius 1 is 1.39 bits per heavy atom. The fourth-order valence-electron chi connectivity index (χ4n) is 1.25. The van der Waals surface area contributed by atoms with Crippen molar-refractivity contribution < 1.29 is 23.0 Å². The van der Waals surface area contributed by atoms with Crippen molar-refractivity contribution in [3.8, 4) is 5.75 Å². The maximum atomic E-state index is 12.4. The van der Waals surface area contributed by atoms with Crippen molar-refractivity contribution >= 4 is 0 Å². The minimum absolute atomic E-state index is 0.0479. The molecule has 0 saturated carbocycles. The standard InChI is InChI=1S/C12H12F3NO2/c1-16-6-5-10(17)8-18-11-4-2-3-9(7-11)12(13,14)15/h2-4,7,10,17H,5-6,8H2. The van der Waals surface area contributed by atoms with Gasteiger partial charge in [-0.2, -0.15) is 13.2 Å². The van der Waals surface area contributed by atoms with Gasteiger partial charge in [0.15, 0.2) is 0 Å². The van der Waals surface area contributed by atoms with E-state index in [9.17, 15) is 18.3 Å². The molecule has 0 radical (unpaired) electrons. The van der Waals surface area contributed by atoms with E-state index in [1.807, 2.05) is 0 Å². The summed E-state index contributed by atoms with van der Waals surface area (Å²) < 4.78 is 42.2. The summed E-state index contributed by atoms with van der Waals surface area (Å²) >= 11 is 0. The number of nitrogens with zero attached hydrogens (tertiary/aromatic N) is 1. The molecule has 0 amide bonds. The quantitative estimate of drug-likeness (QED) is 0.825. The van der Waals surface area contributed by atoms with Crippen molar-refractivity contribution in [1.82, 2.24) is 0 Å². The maximum Gasteiger partial charge on any atom is 0.416 e. The molecule has 0 heterocycles. The third-order valence-electron chi connectivity index (χ3n) is 2.18. The van der Waals surface area contributed by atoms with E-state index in [-0.39, 0.29) is 25.3 Å². The first-order valence-electron chi connectivity index (χ1n) is 5.25. The average Bonchev–Trinajstić information content (AvgIpc) is 2.33. The Bertz CT molecular complexity index is 426. The predicted octanol–water partition coefficient (Wildman–Crippen LogP) is 2.75. The summed E-state index contributed by atoms with van der Waals surface area (Å²) in [6, 6.07) is 4.45. The Balaban J connectivity index is 2.56. The number of aliphatic hydroxyl groups is 1. The first kappa shape index (κ1) is 14.3. The lowest BCUT2D eigenvalue weighted by molar-refractivity contribution is -0.137. The molecule has 0 fully saturated rings. The molecule has 6 heteroatoms. The molecular formula is C12H12F3NO2. The third kappa shape index (κ3) is 4.63. The zero-order valence-electron chi connectivity index (χ0n) is 9.44. The van der Waals surface area contributed by atoms with Crippen LogP contribution in [0.2, 0.25) is 0 Å². The van der Waals surface area contributed by atoms with E-state index in [1.165, 1.54) is 12.1 Å². The van der Waals surface area contributed by atoms with Crippen LogP contribution in [0.15, 0.2) is 24.3 Å². The van der Waals surface area contributed by atoms with Crippen LogP contribution in [0.5, 0.6) is 5.75 Å². The summed E-state index contributed by atoms with van der Waals surface area (Å²) in [6.07, 6.45) is -5.03. The molecule has 0 aliphatic heterocycles. The highest BCUT2D eigenvalue weighted by Crippen LogP contribution is 2.31. The number of hydrogen-bond donors (Lipinski definition) is 1. The molecule has 1 N–H and O–H groups in total. The van der Waals surface area contributed by atoms with Gasteiger partial charge in [-0.15, -0.1) is 0 Å². The predicted molar refractivity (Wildman–Crippen MR) is 59.0 cm³/mol. The number of benzene rings is 1. The minimum atomic E-state index is -4.41. The molecule has 1 unspecified atom stereocenters. The van der Waals surface area contributed by atoms with Gasteiger partial charge in [-0.3, -0.25) is 0 Å². The first-order valence-corrected chi connectivity index (χ1v) is 5.25. The molecule has 0 aromatic heterocycles. The van der Waals surface area contributed by atoms with E-state index in [4.69, 9.17) is 11.3 Å². The summed E-state index contributed by atoms with van der Waals surface area (Å²) in [5, 5.41) is 9.38. The largest absolute Gasteiger partial charge is 0.491 e. The minimum Gasteiger partial charge on any atom is -0.491 e. The molecule has 0 spiro atoms. The Kier molecular flexibility index (Phi) is 4.98. The van der Waals surface area contributed by atoms with E-state index in [0.717, 1.165) is 12.1 Å². The lowest BCUT2D eigenvalue weighted by Gasteiger charge is -2.12. The number of alkyl halides is 3. The summed E-state index contributed by atoms with van der Waals surface area (Å²) in [5.74, 6) is 0.0479. The van der Waals surface area contributed by atoms with Crippen LogP contribution in [0.25, 0.3) is 4.85 Å². The van der Waals surface area contributed by atoms with Gasteiger partial charge in [0, 0.05) is 6.42 Å². The van der Waals surface area contributed by atoms with Crippen molar-refractivity contribution in [2.45, 2.75) is 18.7 Å². The SMILES string of the molecule is [C-]#[N+]CCC(O)COc1cccc(C(F)(F)F)c1. The fourth-order valence-corrected chi connectivity index (χ4v) is 1.25. The number of aliphatic hydroxyl groups excluding tert-OH is 1. The molecule has 0 saturated heterocycles. The lowest BCUT2D eigenvalue weighted by atomic mass is 10.2. The molecule has 0 aliphatic carbocycles. The highest BCUT2D eigenvalue weighted by Gasteiger charge is 2.30. The summed E-state index contributed by atoms with van der Waals surface area (Å²) in [6.45, 7) is 6.57. The molecule has 0 bridgehead atoms. The lowest BCUT2D eigenvalue weighted by Crippen LogP contribution is -2.18. The number of rotatable bonds is 5. The highest BCUT2D eigenvalue weighted by molar-refractivity contribution is 5.30. The van der Waals surface area contributed by atoms with Gasteiger partial charge in [0.05, 0.1) is 11.7 Å². The van der Waals surface area contributed by atoms with Crippen LogP contribution in [-0.4, -0.2) is 24.4 Å².